The minimum absolute atomic E-state index is 0.224. The summed E-state index contributed by atoms with van der Waals surface area (Å²) in [6.07, 6.45) is 0. The Hall–Kier alpha value is -2.24. The van der Waals surface area contributed by atoms with Crippen molar-refractivity contribution in [3.63, 3.8) is 0 Å². The summed E-state index contributed by atoms with van der Waals surface area (Å²) in [4.78, 5) is 23.7. The average molecular weight is 354 g/mol. The molecular formula is C16H13Cl2NO4. The molecule has 0 spiro atoms. The Labute approximate surface area is 143 Å². The van der Waals surface area contributed by atoms with Crippen LogP contribution in [0, 0.1) is 0 Å². The zero-order valence-electron chi connectivity index (χ0n) is 12.1. The summed E-state index contributed by atoms with van der Waals surface area (Å²) in [5.41, 5.74) is 0.638. The molecule has 0 radical (unpaired) electrons. The monoisotopic (exact) mass is 353 g/mol. The number of rotatable bonds is 5. The number of hydrogen-bond donors (Lipinski definition) is 1. The number of benzene rings is 2. The zero-order chi connectivity index (χ0) is 16.8. The van der Waals surface area contributed by atoms with Crippen LogP contribution >= 0.6 is 23.2 Å². The number of halogens is 2. The molecule has 7 heteroatoms. The van der Waals surface area contributed by atoms with Gasteiger partial charge in [0.1, 0.15) is 5.75 Å². The van der Waals surface area contributed by atoms with Gasteiger partial charge in [-0.1, -0.05) is 35.3 Å². The largest absolute Gasteiger partial charge is 0.497 e. The van der Waals surface area contributed by atoms with Crippen molar-refractivity contribution in [2.75, 3.05) is 19.0 Å². The van der Waals surface area contributed by atoms with Crippen LogP contribution in [-0.4, -0.2) is 25.6 Å². The molecule has 1 amide bonds. The highest BCUT2D eigenvalue weighted by atomic mass is 35.5. The Morgan fingerprint density at radius 3 is 2.61 bits per heavy atom. The maximum atomic E-state index is 11.9. The van der Waals surface area contributed by atoms with Gasteiger partial charge in [-0.3, -0.25) is 4.79 Å². The third-order valence-corrected chi connectivity index (χ3v) is 3.68. The smallest absolute Gasteiger partial charge is 0.338 e. The fraction of sp³-hybridized carbons (Fsp3) is 0.125. The van der Waals surface area contributed by atoms with Crippen LogP contribution in [-0.2, 0) is 9.53 Å². The van der Waals surface area contributed by atoms with Gasteiger partial charge in [-0.15, -0.1) is 0 Å². The molecule has 0 saturated heterocycles. The molecule has 2 rings (SSSR count). The van der Waals surface area contributed by atoms with Crippen LogP contribution in [0.5, 0.6) is 5.75 Å². The van der Waals surface area contributed by atoms with Crippen LogP contribution in [0.15, 0.2) is 42.5 Å². The molecule has 0 aliphatic carbocycles. The third-order valence-electron chi connectivity index (χ3n) is 2.87. The van der Waals surface area contributed by atoms with Crippen LogP contribution < -0.4 is 10.1 Å². The minimum Gasteiger partial charge on any atom is -0.497 e. The molecule has 0 saturated carbocycles. The van der Waals surface area contributed by atoms with Crippen LogP contribution in [0.4, 0.5) is 5.69 Å². The SMILES string of the molecule is COc1cccc(C(=O)OCC(=O)Nc2cccc(Cl)c2Cl)c1. The van der Waals surface area contributed by atoms with Gasteiger partial charge >= 0.3 is 5.97 Å². The van der Waals surface area contributed by atoms with Gasteiger partial charge in [0, 0.05) is 0 Å². The molecule has 2 aromatic rings. The van der Waals surface area contributed by atoms with E-state index in [1.807, 2.05) is 0 Å². The number of anilines is 1. The molecule has 0 bridgehead atoms. The number of carbonyl (C=O) groups is 2. The topological polar surface area (TPSA) is 64.6 Å². The predicted octanol–water partition coefficient (Wildman–Crippen LogP) is 3.80. The van der Waals surface area contributed by atoms with Gasteiger partial charge in [-0.05, 0) is 30.3 Å². The van der Waals surface area contributed by atoms with E-state index in [1.165, 1.54) is 13.2 Å². The molecule has 23 heavy (non-hydrogen) atoms. The van der Waals surface area contributed by atoms with E-state index in [2.05, 4.69) is 5.32 Å². The third kappa shape index (κ3) is 4.61. The number of methoxy groups -OCH3 is 1. The fourth-order valence-electron chi connectivity index (χ4n) is 1.75. The second-order valence-electron chi connectivity index (χ2n) is 4.46. The normalized spacial score (nSPS) is 10.0. The number of ether oxygens (including phenoxy) is 2. The van der Waals surface area contributed by atoms with Crippen molar-refractivity contribution < 1.29 is 19.1 Å². The molecule has 0 aliphatic rings. The molecule has 0 aromatic heterocycles. The first-order chi connectivity index (χ1) is 11.0. The maximum absolute atomic E-state index is 11.9. The van der Waals surface area contributed by atoms with E-state index in [0.29, 0.717) is 16.5 Å². The maximum Gasteiger partial charge on any atom is 0.338 e. The molecule has 0 fully saturated rings. The lowest BCUT2D eigenvalue weighted by Gasteiger charge is -2.09. The van der Waals surface area contributed by atoms with E-state index in [-0.39, 0.29) is 10.6 Å². The summed E-state index contributed by atoms with van der Waals surface area (Å²) in [5.74, 6) is -0.628. The Kier molecular flexibility index (Phi) is 5.84. The van der Waals surface area contributed by atoms with Crippen LogP contribution in [0.2, 0.25) is 10.0 Å². The minimum atomic E-state index is -0.628. The molecule has 2 aromatic carbocycles. The predicted molar refractivity (Wildman–Crippen MR) is 88.4 cm³/mol. The van der Waals surface area contributed by atoms with Crippen LogP contribution in [0.25, 0.3) is 0 Å². The summed E-state index contributed by atoms with van der Waals surface area (Å²) < 4.78 is 9.97. The van der Waals surface area contributed by atoms with Crippen LogP contribution in [0.1, 0.15) is 10.4 Å². The van der Waals surface area contributed by atoms with Crippen molar-refractivity contribution >= 4 is 40.8 Å². The summed E-state index contributed by atoms with van der Waals surface area (Å²) in [6, 6.07) is 11.3. The van der Waals surface area contributed by atoms with E-state index in [0.717, 1.165) is 0 Å². The summed E-state index contributed by atoms with van der Waals surface area (Å²) in [7, 11) is 1.49. The van der Waals surface area contributed by atoms with Crippen LogP contribution in [0.3, 0.4) is 0 Å². The van der Waals surface area contributed by atoms with E-state index in [4.69, 9.17) is 32.7 Å². The van der Waals surface area contributed by atoms with E-state index in [9.17, 15) is 9.59 Å². The standard InChI is InChI=1S/C16H13Cl2NO4/c1-22-11-5-2-4-10(8-11)16(21)23-9-14(20)19-13-7-3-6-12(17)15(13)18/h2-8H,9H2,1H3,(H,19,20). The zero-order valence-corrected chi connectivity index (χ0v) is 13.6. The molecular weight excluding hydrogens is 341 g/mol. The van der Waals surface area contributed by atoms with Crippen molar-refractivity contribution in [1.29, 1.82) is 0 Å². The number of hydrogen-bond acceptors (Lipinski definition) is 4. The first-order valence-electron chi connectivity index (χ1n) is 6.56. The molecule has 0 unspecified atom stereocenters. The van der Waals surface area contributed by atoms with E-state index >= 15 is 0 Å². The van der Waals surface area contributed by atoms with Crippen molar-refractivity contribution in [3.05, 3.63) is 58.1 Å². The van der Waals surface area contributed by atoms with Gasteiger partial charge in [-0.2, -0.15) is 0 Å². The summed E-state index contributed by atoms with van der Waals surface area (Å²) in [6.45, 7) is -0.446. The Bertz CT molecular complexity index is 734. The Balaban J connectivity index is 1.93. The molecule has 0 aliphatic heterocycles. The quantitative estimate of drug-likeness (QED) is 0.830. The van der Waals surface area contributed by atoms with Crippen molar-refractivity contribution in [2.24, 2.45) is 0 Å². The lowest BCUT2D eigenvalue weighted by atomic mass is 10.2. The summed E-state index contributed by atoms with van der Waals surface area (Å²) in [5, 5.41) is 3.06. The van der Waals surface area contributed by atoms with E-state index in [1.54, 1.807) is 36.4 Å². The number of carbonyl (C=O) groups excluding carboxylic acids is 2. The molecule has 0 heterocycles. The first kappa shape index (κ1) is 17.1. The van der Waals surface area contributed by atoms with Crippen molar-refractivity contribution in [2.45, 2.75) is 0 Å². The van der Waals surface area contributed by atoms with E-state index < -0.39 is 18.5 Å². The first-order valence-corrected chi connectivity index (χ1v) is 7.32. The lowest BCUT2D eigenvalue weighted by molar-refractivity contribution is -0.119. The second kappa shape index (κ2) is 7.85. The Morgan fingerprint density at radius 2 is 1.87 bits per heavy atom. The average Bonchev–Trinajstić information content (AvgIpc) is 2.57. The number of nitrogens with one attached hydrogen (secondary N) is 1. The molecule has 120 valence electrons. The van der Waals surface area contributed by atoms with Gasteiger partial charge in [0.2, 0.25) is 0 Å². The Morgan fingerprint density at radius 1 is 1.13 bits per heavy atom. The molecule has 1 N–H and O–H groups in total. The van der Waals surface area contributed by atoms with Gasteiger partial charge in [0.05, 0.1) is 28.4 Å². The number of amides is 1. The molecule has 0 atom stereocenters. The fourth-order valence-corrected chi connectivity index (χ4v) is 2.10. The van der Waals surface area contributed by atoms with Gasteiger partial charge in [0.25, 0.3) is 5.91 Å². The number of esters is 1. The van der Waals surface area contributed by atoms with Crippen molar-refractivity contribution in [1.82, 2.24) is 0 Å². The van der Waals surface area contributed by atoms with Gasteiger partial charge < -0.3 is 14.8 Å². The summed E-state index contributed by atoms with van der Waals surface area (Å²) >= 11 is 11.8. The van der Waals surface area contributed by atoms with Gasteiger partial charge in [0.15, 0.2) is 6.61 Å². The van der Waals surface area contributed by atoms with Gasteiger partial charge in [-0.25, -0.2) is 4.79 Å². The highest BCUT2D eigenvalue weighted by Crippen LogP contribution is 2.29. The highest BCUT2D eigenvalue weighted by molar-refractivity contribution is 6.44. The van der Waals surface area contributed by atoms with Crippen molar-refractivity contribution in [3.8, 4) is 5.75 Å². The lowest BCUT2D eigenvalue weighted by Crippen LogP contribution is -2.21. The molecule has 5 nitrogen and oxygen atoms in total. The second-order valence-corrected chi connectivity index (χ2v) is 5.24. The highest BCUT2D eigenvalue weighted by Gasteiger charge is 2.13.